The highest BCUT2D eigenvalue weighted by Crippen LogP contribution is 2.51. The monoisotopic (exact) mass is 805 g/mol. The Balaban J connectivity index is 1.09. The molecule has 2 aliphatic heterocycles. The van der Waals surface area contributed by atoms with Crippen LogP contribution in [0.4, 0.5) is 0 Å². The van der Waals surface area contributed by atoms with E-state index in [1.54, 1.807) is 0 Å². The van der Waals surface area contributed by atoms with Gasteiger partial charge in [-0.3, -0.25) is 4.99 Å². The summed E-state index contributed by atoms with van der Waals surface area (Å²) >= 11 is 0. The van der Waals surface area contributed by atoms with Gasteiger partial charge in [0.25, 0.3) is 0 Å². The third-order valence-corrected chi connectivity index (χ3v) is 14.0. The average molecular weight is 806 g/mol. The second-order valence-electron chi connectivity index (χ2n) is 17.4. The van der Waals surface area contributed by atoms with Crippen LogP contribution in [0.25, 0.3) is 77.0 Å². The molecule has 11 aromatic rings. The van der Waals surface area contributed by atoms with Crippen molar-refractivity contribution < 1.29 is 4.42 Å². The Hall–Kier alpha value is -7.95. The van der Waals surface area contributed by atoms with E-state index in [0.717, 1.165) is 62.2 Å². The Kier molecular flexibility index (Phi) is 7.32. The number of furan rings is 1. The van der Waals surface area contributed by atoms with Crippen LogP contribution in [0.2, 0.25) is 0 Å². The van der Waals surface area contributed by atoms with Crippen molar-refractivity contribution in [2.45, 2.75) is 24.9 Å². The molecule has 1 aliphatic carbocycles. The van der Waals surface area contributed by atoms with Gasteiger partial charge in [-0.15, -0.1) is 0 Å². The van der Waals surface area contributed by atoms with Crippen molar-refractivity contribution in [3.8, 4) is 16.8 Å². The van der Waals surface area contributed by atoms with E-state index >= 15 is 0 Å². The minimum absolute atomic E-state index is 0.238. The summed E-state index contributed by atoms with van der Waals surface area (Å²) in [6.07, 6.45) is 1.23. The molecule has 1 N–H and O–H groups in total. The maximum Gasteiger partial charge on any atom is 0.146 e. The van der Waals surface area contributed by atoms with Crippen molar-refractivity contribution in [1.29, 1.82) is 0 Å². The van der Waals surface area contributed by atoms with Gasteiger partial charge in [-0.1, -0.05) is 158 Å². The first-order valence-corrected chi connectivity index (χ1v) is 22.0. The second kappa shape index (κ2) is 13.3. The van der Waals surface area contributed by atoms with E-state index in [-0.39, 0.29) is 12.1 Å². The van der Waals surface area contributed by atoms with Crippen molar-refractivity contribution in [3.63, 3.8) is 0 Å². The predicted molar refractivity (Wildman–Crippen MR) is 259 cm³/mol. The fourth-order valence-electron chi connectivity index (χ4n) is 11.2. The second-order valence-corrected chi connectivity index (χ2v) is 17.4. The smallest absolute Gasteiger partial charge is 0.146 e. The molecule has 63 heavy (non-hydrogen) atoms. The van der Waals surface area contributed by atoms with Crippen LogP contribution in [0.5, 0.6) is 0 Å². The number of nitrogens with one attached hydrogen (secondary N) is 1. The molecule has 0 radical (unpaired) electrons. The lowest BCUT2D eigenvalue weighted by Gasteiger charge is -2.31. The molecule has 296 valence electrons. The first kappa shape index (κ1) is 34.7. The number of allylic oxidation sites excluding steroid dienone is 1. The zero-order valence-electron chi connectivity index (χ0n) is 34.3. The normalized spacial score (nSPS) is 16.4. The zero-order chi connectivity index (χ0) is 41.2. The Morgan fingerprint density at radius 3 is 2.16 bits per heavy atom. The van der Waals surface area contributed by atoms with Gasteiger partial charge in [0.15, 0.2) is 0 Å². The molecule has 0 fully saturated rings. The highest BCUT2D eigenvalue weighted by atomic mass is 16.3. The summed E-state index contributed by atoms with van der Waals surface area (Å²) in [6.45, 7) is 0. The molecule has 14 rings (SSSR count). The van der Waals surface area contributed by atoms with Crippen molar-refractivity contribution in [3.05, 3.63) is 239 Å². The van der Waals surface area contributed by atoms with Crippen LogP contribution >= 0.6 is 0 Å². The quantitative estimate of drug-likeness (QED) is 0.192. The molecule has 2 bridgehead atoms. The molecular weight excluding hydrogens is 767 g/mol. The van der Waals surface area contributed by atoms with Crippen LogP contribution in [0.15, 0.2) is 209 Å². The largest absolute Gasteiger partial charge is 0.455 e. The first-order chi connectivity index (χ1) is 31.2. The van der Waals surface area contributed by atoms with Gasteiger partial charge < -0.3 is 14.3 Å². The topological polar surface area (TPSA) is 42.5 Å². The summed E-state index contributed by atoms with van der Waals surface area (Å²) < 4.78 is 9.57. The van der Waals surface area contributed by atoms with Crippen molar-refractivity contribution in [2.75, 3.05) is 0 Å². The fourth-order valence-corrected chi connectivity index (χ4v) is 11.2. The summed E-state index contributed by atoms with van der Waals surface area (Å²) in [6, 6.07) is 71.2. The van der Waals surface area contributed by atoms with Crippen LogP contribution in [0.1, 0.15) is 51.0 Å². The highest BCUT2D eigenvalue weighted by Gasteiger charge is 2.36. The zero-order valence-corrected chi connectivity index (χ0v) is 34.3. The Morgan fingerprint density at radius 1 is 0.556 bits per heavy atom. The van der Waals surface area contributed by atoms with Crippen LogP contribution in [-0.2, 0) is 12.8 Å². The molecule has 2 aromatic heterocycles. The van der Waals surface area contributed by atoms with Gasteiger partial charge in [-0.2, -0.15) is 0 Å². The summed E-state index contributed by atoms with van der Waals surface area (Å²) in [7, 11) is 0. The van der Waals surface area contributed by atoms with E-state index in [9.17, 15) is 0 Å². The van der Waals surface area contributed by atoms with E-state index in [1.807, 2.05) is 0 Å². The number of aliphatic imine (C=N–C) groups is 1. The number of benzene rings is 9. The van der Waals surface area contributed by atoms with Crippen LogP contribution in [-0.4, -0.2) is 10.3 Å². The third kappa shape index (κ3) is 5.12. The molecule has 0 saturated carbocycles. The van der Waals surface area contributed by atoms with E-state index in [4.69, 9.17) is 9.41 Å². The number of nitrogens with zero attached hydrogens (tertiary/aromatic N) is 2. The molecule has 4 heteroatoms. The molecule has 0 amide bonds. The van der Waals surface area contributed by atoms with Crippen molar-refractivity contribution >= 4 is 65.9 Å². The minimum Gasteiger partial charge on any atom is -0.455 e. The Morgan fingerprint density at radius 2 is 1.27 bits per heavy atom. The number of fused-ring (bicyclic) bond motifs is 16. The summed E-state index contributed by atoms with van der Waals surface area (Å²) in [4.78, 5) is 6.01. The van der Waals surface area contributed by atoms with Crippen LogP contribution in [0, 0.1) is 0 Å². The number of rotatable bonds is 4. The average Bonchev–Trinajstić information content (AvgIpc) is 3.98. The molecule has 0 spiro atoms. The standard InChI is InChI=1S/C59H39N3O/c1-3-14-35(15-4-1)30-47-40-20-9-10-22-43(40)54-44(47)23-13-24-46(54)59-60-56(37-16-5-2-6-17-37)49-31-36-26-27-41-48-33-38-18-7-8-19-39(38)34-52(48)62(51(41)32-36)50-29-28-45-42-21-11-12-25-53(42)63-58(45)55(50)57(49)61-59/h1-29,32-34,47,59-60H,30-31H2. The van der Waals surface area contributed by atoms with Crippen molar-refractivity contribution in [1.82, 2.24) is 9.88 Å². The van der Waals surface area contributed by atoms with Gasteiger partial charge in [0.05, 0.1) is 28.0 Å². The van der Waals surface area contributed by atoms with Crippen molar-refractivity contribution in [2.24, 2.45) is 4.99 Å². The van der Waals surface area contributed by atoms with Crippen LogP contribution in [0.3, 0.4) is 0 Å². The maximum absolute atomic E-state index is 7.09. The summed E-state index contributed by atoms with van der Waals surface area (Å²) in [5.41, 5.74) is 19.6. The van der Waals surface area contributed by atoms with Gasteiger partial charge in [0.2, 0.25) is 0 Å². The lowest BCUT2D eigenvalue weighted by molar-refractivity contribution is 0.655. The summed E-state index contributed by atoms with van der Waals surface area (Å²) in [5.74, 6) is 0.238. The van der Waals surface area contributed by atoms with Crippen LogP contribution < -0.4 is 5.32 Å². The SMILES string of the molecule is c1ccc(CC2c3ccccc3-c3c(C4N=C5C(=C(c6ccccc6)N4)Cc4ccc6c7cc8ccccc8cc7n(c6c4)-c4ccc6c(oc7ccccc76)c45)cccc32)cc1. The molecule has 9 aromatic carbocycles. The molecule has 0 saturated heterocycles. The molecule has 4 nitrogen and oxygen atoms in total. The lowest BCUT2D eigenvalue weighted by atomic mass is 9.87. The molecule has 4 heterocycles. The predicted octanol–water partition coefficient (Wildman–Crippen LogP) is 14.2. The Bertz CT molecular complexity index is 3780. The Labute approximate surface area is 364 Å². The van der Waals surface area contributed by atoms with Gasteiger partial charge >= 0.3 is 0 Å². The van der Waals surface area contributed by atoms with E-state index in [2.05, 4.69) is 204 Å². The van der Waals surface area contributed by atoms with Gasteiger partial charge in [-0.25, -0.2) is 0 Å². The van der Waals surface area contributed by atoms with E-state index in [0.29, 0.717) is 6.42 Å². The van der Waals surface area contributed by atoms with Gasteiger partial charge in [-0.05, 0) is 92.5 Å². The maximum atomic E-state index is 7.09. The fraction of sp³-hybridized carbons (Fsp3) is 0.0678. The number of para-hydroxylation sites is 1. The minimum atomic E-state index is -0.390. The lowest BCUT2D eigenvalue weighted by Crippen LogP contribution is -2.30. The van der Waals surface area contributed by atoms with Gasteiger partial charge in [0.1, 0.15) is 17.3 Å². The van der Waals surface area contributed by atoms with E-state index in [1.165, 1.54) is 71.5 Å². The first-order valence-electron chi connectivity index (χ1n) is 22.0. The van der Waals surface area contributed by atoms with Gasteiger partial charge in [0, 0.05) is 50.7 Å². The molecule has 2 unspecified atom stereocenters. The third-order valence-electron chi connectivity index (χ3n) is 14.0. The summed E-state index contributed by atoms with van der Waals surface area (Å²) in [5, 5.41) is 11.2. The number of aromatic nitrogens is 1. The van der Waals surface area contributed by atoms with E-state index < -0.39 is 0 Å². The number of hydrogen-bond acceptors (Lipinski definition) is 3. The highest BCUT2D eigenvalue weighted by molar-refractivity contribution is 6.27. The molecule has 3 aliphatic rings. The molecule has 2 atom stereocenters. The molecular formula is C59H39N3O. The number of hydrogen-bond donors (Lipinski definition) is 1.